The summed E-state index contributed by atoms with van der Waals surface area (Å²) in [5.74, 6) is -0.695. The molecule has 0 aliphatic heterocycles. The van der Waals surface area contributed by atoms with Crippen LogP contribution in [0.2, 0.25) is 0 Å². The van der Waals surface area contributed by atoms with Gasteiger partial charge in [0.2, 0.25) is 0 Å². The van der Waals surface area contributed by atoms with Gasteiger partial charge in [-0.25, -0.2) is 4.79 Å². The minimum absolute atomic E-state index is 0.100. The van der Waals surface area contributed by atoms with Crippen molar-refractivity contribution in [1.82, 2.24) is 9.55 Å². The van der Waals surface area contributed by atoms with Crippen molar-refractivity contribution in [2.75, 3.05) is 0 Å². The van der Waals surface area contributed by atoms with Gasteiger partial charge in [0, 0.05) is 6.04 Å². The Morgan fingerprint density at radius 1 is 1.38 bits per heavy atom. The zero-order valence-corrected chi connectivity index (χ0v) is 11.6. The monoisotopic (exact) mass is 288 g/mol. The highest BCUT2D eigenvalue weighted by Gasteiger charge is 2.27. The number of nitrogens with zero attached hydrogens (tertiary/aromatic N) is 1. The number of hydrogen-bond donors (Lipinski definition) is 2. The van der Waals surface area contributed by atoms with Gasteiger partial charge in [-0.3, -0.25) is 14.2 Å². The third-order valence-electron chi connectivity index (χ3n) is 4.40. The lowest BCUT2D eigenvalue weighted by molar-refractivity contribution is 0.0697. The van der Waals surface area contributed by atoms with E-state index >= 15 is 0 Å². The molecule has 1 aliphatic carbocycles. The van der Waals surface area contributed by atoms with Crippen molar-refractivity contribution < 1.29 is 9.90 Å². The number of carboxylic acid groups (broad SMARTS) is 1. The maximum atomic E-state index is 12.2. The maximum Gasteiger partial charge on any atom is 0.335 e. The highest BCUT2D eigenvalue weighted by molar-refractivity contribution is 5.92. The molecule has 1 atom stereocenters. The molecule has 3 rings (SSSR count). The molecule has 1 saturated carbocycles. The van der Waals surface area contributed by atoms with Gasteiger partial charge >= 0.3 is 17.1 Å². The van der Waals surface area contributed by atoms with E-state index in [1.807, 2.05) is 6.92 Å². The lowest BCUT2D eigenvalue weighted by Gasteiger charge is -2.33. The van der Waals surface area contributed by atoms with Crippen LogP contribution >= 0.6 is 0 Å². The van der Waals surface area contributed by atoms with Crippen LogP contribution in [-0.4, -0.2) is 20.6 Å². The van der Waals surface area contributed by atoms with Gasteiger partial charge in [-0.15, -0.1) is 0 Å². The van der Waals surface area contributed by atoms with Gasteiger partial charge in [-0.1, -0.05) is 6.42 Å². The van der Waals surface area contributed by atoms with Crippen molar-refractivity contribution in [3.05, 3.63) is 44.5 Å². The molecule has 1 heterocycles. The molecule has 21 heavy (non-hydrogen) atoms. The Morgan fingerprint density at radius 3 is 2.67 bits per heavy atom. The van der Waals surface area contributed by atoms with E-state index < -0.39 is 17.1 Å². The Bertz CT molecular complexity index is 830. The van der Waals surface area contributed by atoms with Crippen LogP contribution in [0, 0.1) is 5.92 Å². The first-order valence-electron chi connectivity index (χ1n) is 7.01. The van der Waals surface area contributed by atoms with Crippen LogP contribution < -0.4 is 11.1 Å². The van der Waals surface area contributed by atoms with Gasteiger partial charge in [-0.2, -0.15) is 0 Å². The zero-order valence-electron chi connectivity index (χ0n) is 11.6. The smallest absolute Gasteiger partial charge is 0.335 e. The fraction of sp³-hybridized carbons (Fsp3) is 0.400. The van der Waals surface area contributed by atoms with Gasteiger partial charge in [0.05, 0.1) is 16.6 Å². The fourth-order valence-corrected chi connectivity index (χ4v) is 2.90. The molecular weight excluding hydrogens is 272 g/mol. The van der Waals surface area contributed by atoms with E-state index in [0.29, 0.717) is 17.0 Å². The van der Waals surface area contributed by atoms with Crippen LogP contribution in [0.5, 0.6) is 0 Å². The number of benzene rings is 1. The lowest BCUT2D eigenvalue weighted by atomic mass is 9.80. The van der Waals surface area contributed by atoms with Crippen LogP contribution in [0.25, 0.3) is 11.0 Å². The molecule has 2 N–H and O–H groups in total. The quantitative estimate of drug-likeness (QED) is 0.842. The zero-order chi connectivity index (χ0) is 15.1. The molecule has 6 heteroatoms. The molecule has 1 fully saturated rings. The van der Waals surface area contributed by atoms with Crippen LogP contribution in [0.1, 0.15) is 42.6 Å². The fourth-order valence-electron chi connectivity index (χ4n) is 2.90. The van der Waals surface area contributed by atoms with Crippen molar-refractivity contribution >= 4 is 17.0 Å². The Kier molecular flexibility index (Phi) is 3.16. The summed E-state index contributed by atoms with van der Waals surface area (Å²) in [4.78, 5) is 37.7. The van der Waals surface area contributed by atoms with Crippen LogP contribution in [0.4, 0.5) is 0 Å². The van der Waals surface area contributed by atoms with Gasteiger partial charge in [-0.05, 0) is 43.9 Å². The van der Waals surface area contributed by atoms with Crippen molar-refractivity contribution in [3.63, 3.8) is 0 Å². The summed E-state index contributed by atoms with van der Waals surface area (Å²) in [7, 11) is 0. The summed E-state index contributed by atoms with van der Waals surface area (Å²) in [6.45, 7) is 1.91. The van der Waals surface area contributed by atoms with Crippen LogP contribution in [0.15, 0.2) is 27.8 Å². The highest BCUT2D eigenvalue weighted by Crippen LogP contribution is 2.36. The summed E-state index contributed by atoms with van der Waals surface area (Å²) in [5.41, 5.74) is -0.237. The van der Waals surface area contributed by atoms with Gasteiger partial charge in [0.25, 0.3) is 0 Å². The lowest BCUT2D eigenvalue weighted by Crippen LogP contribution is -2.40. The van der Waals surface area contributed by atoms with E-state index in [2.05, 4.69) is 4.98 Å². The standard InChI is InChI=1S/C15H16N2O4/c1-8(9-3-2-4-9)17-12-7-10(15(20)21)5-6-11(12)16-13(18)14(17)19/h5-9H,2-4H2,1H3,(H,16,18)(H,20,21). The van der Waals surface area contributed by atoms with E-state index in [0.717, 1.165) is 19.3 Å². The van der Waals surface area contributed by atoms with Crippen molar-refractivity contribution in [3.8, 4) is 0 Å². The van der Waals surface area contributed by atoms with Gasteiger partial charge < -0.3 is 10.1 Å². The molecule has 0 radical (unpaired) electrons. The van der Waals surface area contributed by atoms with Crippen LogP contribution in [0.3, 0.4) is 0 Å². The second kappa shape index (κ2) is 4.87. The average Bonchev–Trinajstić information content (AvgIpc) is 2.37. The molecule has 110 valence electrons. The van der Waals surface area contributed by atoms with Crippen LogP contribution in [-0.2, 0) is 0 Å². The van der Waals surface area contributed by atoms with E-state index in [9.17, 15) is 14.4 Å². The molecule has 1 aromatic heterocycles. The van der Waals surface area contributed by atoms with Crippen molar-refractivity contribution in [1.29, 1.82) is 0 Å². The number of H-pyrrole nitrogens is 1. The second-order valence-corrected chi connectivity index (χ2v) is 5.60. The Morgan fingerprint density at radius 2 is 2.10 bits per heavy atom. The number of nitrogens with one attached hydrogen (secondary N) is 1. The number of aromatic amines is 1. The SMILES string of the molecule is CC(C1CCC1)n1c(=O)c(=O)[nH]c2ccc(C(=O)O)cc21. The summed E-state index contributed by atoms with van der Waals surface area (Å²) in [6, 6.07) is 4.29. The minimum atomic E-state index is -1.06. The predicted octanol–water partition coefficient (Wildman–Crippen LogP) is 1.75. The first kappa shape index (κ1) is 13.6. The molecule has 0 bridgehead atoms. The molecule has 1 aromatic carbocycles. The molecule has 0 amide bonds. The number of hydrogen-bond acceptors (Lipinski definition) is 3. The number of aromatic nitrogens is 2. The summed E-state index contributed by atoms with van der Waals surface area (Å²) < 4.78 is 1.45. The normalized spacial score (nSPS) is 16.6. The molecule has 0 spiro atoms. The minimum Gasteiger partial charge on any atom is -0.478 e. The molecule has 1 unspecified atom stereocenters. The molecule has 0 saturated heterocycles. The molecule has 6 nitrogen and oxygen atoms in total. The molecule has 2 aromatic rings. The van der Waals surface area contributed by atoms with Crippen molar-refractivity contribution in [2.45, 2.75) is 32.2 Å². The molecular formula is C15H16N2O4. The van der Waals surface area contributed by atoms with Gasteiger partial charge in [0.1, 0.15) is 0 Å². The van der Waals surface area contributed by atoms with E-state index in [4.69, 9.17) is 5.11 Å². The van der Waals surface area contributed by atoms with E-state index in [1.54, 1.807) is 0 Å². The Labute approximate surface area is 120 Å². The van der Waals surface area contributed by atoms with E-state index in [1.165, 1.54) is 22.8 Å². The Balaban J connectivity index is 2.30. The number of fused-ring (bicyclic) bond motifs is 1. The third-order valence-corrected chi connectivity index (χ3v) is 4.40. The highest BCUT2D eigenvalue weighted by atomic mass is 16.4. The summed E-state index contributed by atoms with van der Waals surface area (Å²) >= 11 is 0. The third kappa shape index (κ3) is 2.16. The number of aromatic carboxylic acids is 1. The first-order valence-corrected chi connectivity index (χ1v) is 7.01. The van der Waals surface area contributed by atoms with Crippen molar-refractivity contribution in [2.24, 2.45) is 5.92 Å². The molecule has 1 aliphatic rings. The largest absolute Gasteiger partial charge is 0.478 e. The maximum absolute atomic E-state index is 12.2. The summed E-state index contributed by atoms with van der Waals surface area (Å²) in [5, 5.41) is 9.10. The van der Waals surface area contributed by atoms with Gasteiger partial charge in [0.15, 0.2) is 0 Å². The summed E-state index contributed by atoms with van der Waals surface area (Å²) in [6.07, 6.45) is 3.19. The topological polar surface area (TPSA) is 92.2 Å². The number of carbonyl (C=O) groups is 1. The Hall–Kier alpha value is -2.37. The van der Waals surface area contributed by atoms with E-state index in [-0.39, 0.29) is 11.6 Å². The second-order valence-electron chi connectivity index (χ2n) is 5.60. The number of carboxylic acids is 1. The first-order chi connectivity index (χ1) is 9.99. The average molecular weight is 288 g/mol. The number of rotatable bonds is 3. The predicted molar refractivity (Wildman–Crippen MR) is 77.8 cm³/mol.